The molecule has 8 heteroatoms. The van der Waals surface area contributed by atoms with Gasteiger partial charge in [0.25, 0.3) is 5.91 Å². The SMILES string of the molecule is COc1cc(NC(=O)C2CCN(C(=O)c3ccc(F)cc3)CC2)c(OC)cc1Cl. The number of likely N-dealkylation sites (tertiary alicyclic amines) is 1. The highest BCUT2D eigenvalue weighted by Gasteiger charge is 2.28. The fraction of sp³-hybridized carbons (Fsp3) is 0.333. The second-order valence-electron chi connectivity index (χ2n) is 6.75. The number of amides is 2. The van der Waals surface area contributed by atoms with Gasteiger partial charge in [-0.25, -0.2) is 4.39 Å². The molecule has 1 heterocycles. The first-order chi connectivity index (χ1) is 13.9. The number of nitrogens with zero attached hydrogens (tertiary/aromatic N) is 1. The number of carbonyl (C=O) groups is 2. The van der Waals surface area contributed by atoms with Crippen LogP contribution >= 0.6 is 11.6 Å². The summed E-state index contributed by atoms with van der Waals surface area (Å²) in [6.45, 7) is 0.907. The summed E-state index contributed by atoms with van der Waals surface area (Å²) in [5, 5.41) is 3.25. The highest BCUT2D eigenvalue weighted by molar-refractivity contribution is 6.32. The number of piperidine rings is 1. The minimum atomic E-state index is -0.383. The highest BCUT2D eigenvalue weighted by atomic mass is 35.5. The smallest absolute Gasteiger partial charge is 0.253 e. The molecule has 0 aromatic heterocycles. The Morgan fingerprint density at radius 1 is 1.07 bits per heavy atom. The average Bonchev–Trinajstić information content (AvgIpc) is 2.74. The Kier molecular flexibility index (Phi) is 6.59. The fourth-order valence-corrected chi connectivity index (χ4v) is 3.54. The predicted octanol–water partition coefficient (Wildman–Crippen LogP) is 3.99. The van der Waals surface area contributed by atoms with Gasteiger partial charge in [0.2, 0.25) is 5.91 Å². The lowest BCUT2D eigenvalue weighted by Gasteiger charge is -2.31. The molecule has 0 unspecified atom stereocenters. The van der Waals surface area contributed by atoms with Gasteiger partial charge < -0.3 is 19.7 Å². The number of nitrogens with one attached hydrogen (secondary N) is 1. The summed E-state index contributed by atoms with van der Waals surface area (Å²) in [6, 6.07) is 8.67. The summed E-state index contributed by atoms with van der Waals surface area (Å²) in [5.74, 6) is -0.0603. The van der Waals surface area contributed by atoms with E-state index in [9.17, 15) is 14.0 Å². The van der Waals surface area contributed by atoms with Crippen LogP contribution in [0, 0.1) is 11.7 Å². The predicted molar refractivity (Wildman–Crippen MR) is 108 cm³/mol. The lowest BCUT2D eigenvalue weighted by atomic mass is 9.95. The Labute approximate surface area is 173 Å². The van der Waals surface area contributed by atoms with Crippen LogP contribution in [-0.2, 0) is 4.79 Å². The monoisotopic (exact) mass is 420 g/mol. The van der Waals surface area contributed by atoms with Crippen LogP contribution in [0.5, 0.6) is 11.5 Å². The normalized spacial score (nSPS) is 14.4. The maximum atomic E-state index is 13.0. The number of methoxy groups -OCH3 is 2. The molecule has 2 aromatic carbocycles. The van der Waals surface area contributed by atoms with Crippen molar-refractivity contribution < 1.29 is 23.5 Å². The molecule has 6 nitrogen and oxygen atoms in total. The quantitative estimate of drug-likeness (QED) is 0.794. The van der Waals surface area contributed by atoms with Crippen LogP contribution in [0.2, 0.25) is 5.02 Å². The Balaban J connectivity index is 1.62. The van der Waals surface area contributed by atoms with Crippen molar-refractivity contribution in [2.45, 2.75) is 12.8 Å². The molecule has 1 aliphatic rings. The zero-order valence-corrected chi connectivity index (χ0v) is 17.0. The number of hydrogen-bond donors (Lipinski definition) is 1. The van der Waals surface area contributed by atoms with Gasteiger partial charge in [-0.05, 0) is 37.1 Å². The van der Waals surface area contributed by atoms with Crippen molar-refractivity contribution in [3.63, 3.8) is 0 Å². The summed E-state index contributed by atoms with van der Waals surface area (Å²) >= 11 is 6.09. The Morgan fingerprint density at radius 2 is 1.69 bits per heavy atom. The van der Waals surface area contributed by atoms with Crippen LogP contribution in [0.25, 0.3) is 0 Å². The average molecular weight is 421 g/mol. The van der Waals surface area contributed by atoms with Gasteiger partial charge in [-0.2, -0.15) is 0 Å². The van der Waals surface area contributed by atoms with E-state index in [2.05, 4.69) is 5.32 Å². The molecule has 1 aliphatic heterocycles. The van der Waals surface area contributed by atoms with Crippen LogP contribution < -0.4 is 14.8 Å². The molecule has 3 rings (SSSR count). The van der Waals surface area contributed by atoms with Gasteiger partial charge in [0.15, 0.2) is 0 Å². The topological polar surface area (TPSA) is 67.9 Å². The minimum Gasteiger partial charge on any atom is -0.495 e. The first kappa shape index (κ1) is 20.9. The summed E-state index contributed by atoms with van der Waals surface area (Å²) in [6.07, 6.45) is 1.07. The van der Waals surface area contributed by atoms with E-state index < -0.39 is 0 Å². The molecule has 0 saturated carbocycles. The lowest BCUT2D eigenvalue weighted by Crippen LogP contribution is -2.41. The maximum Gasteiger partial charge on any atom is 0.253 e. The van der Waals surface area contributed by atoms with E-state index in [-0.39, 0.29) is 23.5 Å². The van der Waals surface area contributed by atoms with E-state index in [1.54, 1.807) is 17.0 Å². The Bertz CT molecular complexity index is 896. The van der Waals surface area contributed by atoms with Gasteiger partial charge in [-0.1, -0.05) is 11.6 Å². The van der Waals surface area contributed by atoms with Crippen LogP contribution in [0.15, 0.2) is 36.4 Å². The van der Waals surface area contributed by atoms with Crippen molar-refractivity contribution >= 4 is 29.1 Å². The molecule has 1 N–H and O–H groups in total. The van der Waals surface area contributed by atoms with Crippen LogP contribution in [-0.4, -0.2) is 44.0 Å². The number of halogens is 2. The summed E-state index contributed by atoms with van der Waals surface area (Å²) in [5.41, 5.74) is 0.913. The third kappa shape index (κ3) is 4.79. The van der Waals surface area contributed by atoms with Crippen molar-refractivity contribution in [2.75, 3.05) is 32.6 Å². The number of carbonyl (C=O) groups excluding carboxylic acids is 2. The molecule has 154 valence electrons. The Morgan fingerprint density at radius 3 is 2.28 bits per heavy atom. The van der Waals surface area contributed by atoms with Gasteiger partial charge in [0, 0.05) is 36.7 Å². The standard InChI is InChI=1S/C21H22ClFN2O4/c1-28-18-12-17(19(29-2)11-16(18)22)24-20(26)13-7-9-25(10-8-13)21(27)14-3-5-15(23)6-4-14/h3-6,11-13H,7-10H2,1-2H3,(H,24,26). The van der Waals surface area contributed by atoms with Gasteiger partial charge in [-0.3, -0.25) is 9.59 Å². The molecule has 29 heavy (non-hydrogen) atoms. The molecule has 0 radical (unpaired) electrons. The number of ether oxygens (including phenoxy) is 2. The van der Waals surface area contributed by atoms with Crippen LogP contribution in [0.3, 0.4) is 0 Å². The minimum absolute atomic E-state index is 0.151. The molecule has 1 fully saturated rings. The van der Waals surface area contributed by atoms with Crippen molar-refractivity contribution in [2.24, 2.45) is 5.92 Å². The lowest BCUT2D eigenvalue weighted by molar-refractivity contribution is -0.121. The van der Waals surface area contributed by atoms with Crippen molar-refractivity contribution in [1.82, 2.24) is 4.90 Å². The zero-order valence-electron chi connectivity index (χ0n) is 16.2. The van der Waals surface area contributed by atoms with Crippen molar-refractivity contribution in [3.05, 3.63) is 52.8 Å². The maximum absolute atomic E-state index is 13.0. The molecule has 0 spiro atoms. The third-order valence-electron chi connectivity index (χ3n) is 4.98. The molecule has 2 aromatic rings. The molecule has 1 saturated heterocycles. The Hall–Kier alpha value is -2.80. The molecule has 2 amide bonds. The van der Waals surface area contributed by atoms with Crippen molar-refractivity contribution in [3.8, 4) is 11.5 Å². The summed E-state index contributed by atoms with van der Waals surface area (Å²) < 4.78 is 23.5. The fourth-order valence-electron chi connectivity index (χ4n) is 3.31. The summed E-state index contributed by atoms with van der Waals surface area (Å²) in [7, 11) is 2.99. The van der Waals surface area contributed by atoms with Gasteiger partial charge >= 0.3 is 0 Å². The van der Waals surface area contributed by atoms with E-state index in [0.29, 0.717) is 53.7 Å². The first-order valence-corrected chi connectivity index (χ1v) is 9.58. The largest absolute Gasteiger partial charge is 0.495 e. The second-order valence-corrected chi connectivity index (χ2v) is 7.16. The highest BCUT2D eigenvalue weighted by Crippen LogP contribution is 2.36. The van der Waals surface area contributed by atoms with Crippen LogP contribution in [0.4, 0.5) is 10.1 Å². The first-order valence-electron chi connectivity index (χ1n) is 9.20. The zero-order chi connectivity index (χ0) is 21.0. The van der Waals surface area contributed by atoms with E-state index in [4.69, 9.17) is 21.1 Å². The van der Waals surface area contributed by atoms with Crippen LogP contribution in [0.1, 0.15) is 23.2 Å². The van der Waals surface area contributed by atoms with E-state index in [1.165, 1.54) is 38.5 Å². The van der Waals surface area contributed by atoms with Gasteiger partial charge in [0.1, 0.15) is 17.3 Å². The molecular weight excluding hydrogens is 399 g/mol. The number of rotatable bonds is 5. The number of hydrogen-bond acceptors (Lipinski definition) is 4. The van der Waals surface area contributed by atoms with E-state index in [0.717, 1.165) is 0 Å². The van der Waals surface area contributed by atoms with Gasteiger partial charge in [-0.15, -0.1) is 0 Å². The van der Waals surface area contributed by atoms with Crippen molar-refractivity contribution in [1.29, 1.82) is 0 Å². The summed E-state index contributed by atoms with van der Waals surface area (Å²) in [4.78, 5) is 26.9. The molecule has 0 aliphatic carbocycles. The van der Waals surface area contributed by atoms with E-state index >= 15 is 0 Å². The second kappa shape index (κ2) is 9.13. The molecule has 0 bridgehead atoms. The third-order valence-corrected chi connectivity index (χ3v) is 5.27. The van der Waals surface area contributed by atoms with Gasteiger partial charge in [0.05, 0.1) is 24.9 Å². The van der Waals surface area contributed by atoms with E-state index in [1.807, 2.05) is 0 Å². The molecule has 0 atom stereocenters. The number of benzene rings is 2. The number of anilines is 1. The molecular formula is C21H22ClFN2O4.